The molecule has 0 unspecified atom stereocenters. The first-order chi connectivity index (χ1) is 10.0. The third-order valence-electron chi connectivity index (χ3n) is 3.17. The van der Waals surface area contributed by atoms with Gasteiger partial charge in [0, 0.05) is 6.42 Å². The van der Waals surface area contributed by atoms with Crippen molar-refractivity contribution >= 4 is 15.9 Å². The van der Waals surface area contributed by atoms with E-state index in [2.05, 4.69) is 10.1 Å². The molecule has 1 aliphatic rings. The molecular formula is C13H13N3O4S. The molecular weight excluding hydrogens is 294 g/mol. The number of fused-ring (bicyclic) bond motifs is 1. The fraction of sp³-hybridized carbons (Fsp3) is 0.308. The molecule has 1 aromatic heterocycles. The molecule has 1 amide bonds. The first kappa shape index (κ1) is 13.7. The van der Waals surface area contributed by atoms with Gasteiger partial charge < -0.3 is 4.52 Å². The van der Waals surface area contributed by atoms with E-state index in [1.165, 1.54) is 12.1 Å². The van der Waals surface area contributed by atoms with Crippen molar-refractivity contribution in [3.8, 4) is 0 Å². The van der Waals surface area contributed by atoms with Gasteiger partial charge in [-0.1, -0.05) is 24.2 Å². The van der Waals surface area contributed by atoms with Crippen LogP contribution in [0.15, 0.2) is 33.7 Å². The van der Waals surface area contributed by atoms with Gasteiger partial charge in [0.25, 0.3) is 15.9 Å². The number of hydrogen-bond donors (Lipinski definition) is 0. The Morgan fingerprint density at radius 1 is 1.29 bits per heavy atom. The van der Waals surface area contributed by atoms with Crippen molar-refractivity contribution in [2.75, 3.05) is 0 Å². The zero-order valence-electron chi connectivity index (χ0n) is 11.3. The third-order valence-corrected chi connectivity index (χ3v) is 4.96. The lowest BCUT2D eigenvalue weighted by Gasteiger charge is -2.11. The Morgan fingerprint density at radius 3 is 2.76 bits per heavy atom. The summed E-state index contributed by atoms with van der Waals surface area (Å²) in [6.45, 7) is 1.75. The van der Waals surface area contributed by atoms with Crippen LogP contribution in [0.2, 0.25) is 0 Å². The van der Waals surface area contributed by atoms with E-state index in [0.717, 1.165) is 10.7 Å². The molecule has 0 bridgehead atoms. The van der Waals surface area contributed by atoms with Gasteiger partial charge in [-0.25, -0.2) is 12.7 Å². The molecule has 1 aromatic carbocycles. The Labute approximate surface area is 121 Å². The van der Waals surface area contributed by atoms with E-state index in [9.17, 15) is 13.2 Å². The summed E-state index contributed by atoms with van der Waals surface area (Å²) in [6, 6.07) is 6.12. The second-order valence-corrected chi connectivity index (χ2v) is 6.50. The van der Waals surface area contributed by atoms with Gasteiger partial charge in [-0.05, 0) is 18.6 Å². The minimum atomic E-state index is -3.83. The van der Waals surface area contributed by atoms with Crippen molar-refractivity contribution in [1.29, 1.82) is 0 Å². The SMILES string of the molecule is CCCc1nc(CN2C(=O)c3ccccc3S2(=O)=O)no1. The van der Waals surface area contributed by atoms with E-state index in [1.54, 1.807) is 12.1 Å². The third kappa shape index (κ3) is 2.21. The van der Waals surface area contributed by atoms with Gasteiger partial charge >= 0.3 is 0 Å². The molecule has 1 aliphatic heterocycles. The van der Waals surface area contributed by atoms with Gasteiger partial charge in [0.1, 0.15) is 11.4 Å². The number of aryl methyl sites for hydroxylation is 1. The zero-order chi connectivity index (χ0) is 15.0. The largest absolute Gasteiger partial charge is 0.339 e. The lowest BCUT2D eigenvalue weighted by atomic mass is 10.2. The highest BCUT2D eigenvalue weighted by Crippen LogP contribution is 2.30. The minimum absolute atomic E-state index is 0.0206. The maximum Gasteiger partial charge on any atom is 0.269 e. The number of rotatable bonds is 4. The standard InChI is InChI=1S/C13H13N3O4S/c1-2-5-12-14-11(15-20-12)8-16-13(17)9-6-3-4-7-10(9)21(16,18)19/h3-4,6-7H,2,5,8H2,1H3. The van der Waals surface area contributed by atoms with E-state index in [4.69, 9.17) is 4.52 Å². The molecule has 0 radical (unpaired) electrons. The number of aromatic nitrogens is 2. The fourth-order valence-electron chi connectivity index (χ4n) is 2.19. The molecule has 2 aromatic rings. The number of amides is 1. The van der Waals surface area contributed by atoms with E-state index in [0.29, 0.717) is 12.3 Å². The first-order valence-corrected chi connectivity index (χ1v) is 7.95. The topological polar surface area (TPSA) is 93.4 Å². The highest BCUT2D eigenvalue weighted by atomic mass is 32.2. The molecule has 7 nitrogen and oxygen atoms in total. The molecule has 0 aliphatic carbocycles. The molecule has 0 spiro atoms. The highest BCUT2D eigenvalue weighted by Gasteiger charge is 2.41. The summed E-state index contributed by atoms with van der Waals surface area (Å²) in [5.41, 5.74) is 0.176. The summed E-state index contributed by atoms with van der Waals surface area (Å²) in [5.74, 6) is 0.0599. The molecule has 21 heavy (non-hydrogen) atoms. The van der Waals surface area contributed by atoms with Crippen molar-refractivity contribution < 1.29 is 17.7 Å². The van der Waals surface area contributed by atoms with Crippen LogP contribution in [0.1, 0.15) is 35.4 Å². The van der Waals surface area contributed by atoms with E-state index < -0.39 is 15.9 Å². The van der Waals surface area contributed by atoms with Gasteiger partial charge in [-0.2, -0.15) is 4.98 Å². The van der Waals surface area contributed by atoms with Crippen LogP contribution in [0.25, 0.3) is 0 Å². The van der Waals surface area contributed by atoms with Crippen LogP contribution < -0.4 is 0 Å². The molecule has 2 heterocycles. The molecule has 0 saturated heterocycles. The van der Waals surface area contributed by atoms with E-state index in [-0.39, 0.29) is 22.8 Å². The van der Waals surface area contributed by atoms with Crippen molar-refractivity contribution in [3.05, 3.63) is 41.5 Å². The number of sulfonamides is 1. The molecule has 0 saturated carbocycles. The molecule has 0 fully saturated rings. The zero-order valence-corrected chi connectivity index (χ0v) is 12.1. The van der Waals surface area contributed by atoms with Crippen LogP contribution in [0.4, 0.5) is 0 Å². The van der Waals surface area contributed by atoms with Crippen LogP contribution in [-0.4, -0.2) is 28.8 Å². The van der Waals surface area contributed by atoms with E-state index in [1.807, 2.05) is 6.92 Å². The summed E-state index contributed by atoms with van der Waals surface area (Å²) >= 11 is 0. The maximum absolute atomic E-state index is 12.4. The Kier molecular flexibility index (Phi) is 3.25. The minimum Gasteiger partial charge on any atom is -0.339 e. The molecule has 0 N–H and O–H groups in total. The molecule has 8 heteroatoms. The number of carbonyl (C=O) groups is 1. The van der Waals surface area contributed by atoms with Crippen LogP contribution in [0.5, 0.6) is 0 Å². The Hall–Kier alpha value is -2.22. The maximum atomic E-state index is 12.4. The number of benzene rings is 1. The van der Waals surface area contributed by atoms with E-state index >= 15 is 0 Å². The summed E-state index contributed by atoms with van der Waals surface area (Å²) in [4.78, 5) is 16.3. The van der Waals surface area contributed by atoms with Gasteiger partial charge in [0.15, 0.2) is 5.82 Å². The van der Waals surface area contributed by atoms with Crippen LogP contribution in [0, 0.1) is 0 Å². The second kappa shape index (κ2) is 4.96. The highest BCUT2D eigenvalue weighted by molar-refractivity contribution is 7.90. The summed E-state index contributed by atoms with van der Waals surface area (Å²) in [7, 11) is -3.83. The monoisotopic (exact) mass is 307 g/mol. The quantitative estimate of drug-likeness (QED) is 0.846. The molecule has 110 valence electrons. The second-order valence-electron chi connectivity index (χ2n) is 4.67. The average Bonchev–Trinajstić information content (AvgIpc) is 2.98. The Balaban J connectivity index is 1.91. The summed E-state index contributed by atoms with van der Waals surface area (Å²) in [6.07, 6.45) is 1.46. The van der Waals surface area contributed by atoms with Crippen molar-refractivity contribution in [2.24, 2.45) is 0 Å². The van der Waals surface area contributed by atoms with Crippen molar-refractivity contribution in [2.45, 2.75) is 31.2 Å². The smallest absolute Gasteiger partial charge is 0.269 e. The Bertz CT molecular complexity index is 797. The van der Waals surface area contributed by atoms with Gasteiger partial charge in [0.05, 0.1) is 5.56 Å². The van der Waals surface area contributed by atoms with Crippen LogP contribution in [-0.2, 0) is 23.0 Å². The van der Waals surface area contributed by atoms with Crippen LogP contribution in [0.3, 0.4) is 0 Å². The van der Waals surface area contributed by atoms with Crippen LogP contribution >= 0.6 is 0 Å². The molecule has 3 rings (SSSR count). The first-order valence-electron chi connectivity index (χ1n) is 6.51. The normalized spacial score (nSPS) is 16.2. The van der Waals surface area contributed by atoms with Crippen molar-refractivity contribution in [3.63, 3.8) is 0 Å². The van der Waals surface area contributed by atoms with Gasteiger partial charge in [-0.3, -0.25) is 4.79 Å². The Morgan fingerprint density at radius 2 is 2.05 bits per heavy atom. The average molecular weight is 307 g/mol. The van der Waals surface area contributed by atoms with Crippen molar-refractivity contribution in [1.82, 2.24) is 14.4 Å². The summed E-state index contributed by atoms with van der Waals surface area (Å²) < 4.78 is 30.5. The predicted octanol–water partition coefficient (Wildman–Crippen LogP) is 1.37. The fourth-order valence-corrected chi connectivity index (χ4v) is 3.71. The lowest BCUT2D eigenvalue weighted by Crippen LogP contribution is -2.29. The lowest BCUT2D eigenvalue weighted by molar-refractivity contribution is 0.0862. The van der Waals surface area contributed by atoms with Gasteiger partial charge in [-0.15, -0.1) is 0 Å². The number of hydrogen-bond acceptors (Lipinski definition) is 6. The number of nitrogens with zero attached hydrogens (tertiary/aromatic N) is 3. The summed E-state index contributed by atoms with van der Waals surface area (Å²) in [5, 5.41) is 3.72. The van der Waals surface area contributed by atoms with Gasteiger partial charge in [0.2, 0.25) is 5.89 Å². The predicted molar refractivity (Wildman–Crippen MR) is 71.8 cm³/mol. The number of carbonyl (C=O) groups excluding carboxylic acids is 1. The molecule has 0 atom stereocenters.